The second-order valence-corrected chi connectivity index (χ2v) is 6.21. The third-order valence-corrected chi connectivity index (χ3v) is 4.80. The molecular weight excluding hydrogens is 303 g/mol. The van der Waals surface area contributed by atoms with Crippen molar-refractivity contribution in [1.29, 1.82) is 0 Å². The van der Waals surface area contributed by atoms with E-state index in [9.17, 15) is 13.2 Å². The van der Waals surface area contributed by atoms with Gasteiger partial charge in [-0.25, -0.2) is 4.39 Å². The van der Waals surface area contributed by atoms with Crippen molar-refractivity contribution in [2.45, 2.75) is 10.8 Å². The van der Waals surface area contributed by atoms with Crippen LogP contribution in [0.1, 0.15) is 6.42 Å². The highest BCUT2D eigenvalue weighted by Gasteiger charge is 2.10. The summed E-state index contributed by atoms with van der Waals surface area (Å²) in [6.07, 6.45) is -0.874. The predicted molar refractivity (Wildman–Crippen MR) is 66.7 cm³/mol. The third kappa shape index (κ3) is 3.53. The van der Waals surface area contributed by atoms with E-state index in [4.69, 9.17) is 0 Å². The van der Waals surface area contributed by atoms with Crippen molar-refractivity contribution in [2.24, 2.45) is 0 Å². The fourth-order valence-electron chi connectivity index (χ4n) is 1.01. The molecule has 0 radical (unpaired) electrons. The second-order valence-electron chi connectivity index (χ2n) is 3.00. The predicted octanol–water partition coefficient (Wildman–Crippen LogP) is 4.22. The Morgan fingerprint density at radius 3 is 2.78 bits per heavy atom. The number of thiazole rings is 1. The molecule has 0 bridgehead atoms. The maximum absolute atomic E-state index is 12.5. The number of halogens is 3. The molecule has 18 heavy (non-hydrogen) atoms. The largest absolute Gasteiger partial charge is 0.301 e. The standard InChI is InChI=1S/C9H6F3N3S3/c10-5(7(11)12)1-2-16-9-15-14-8(18-9)6-3-13-4-17-6/h3-4H,1-2H2. The van der Waals surface area contributed by atoms with Crippen LogP contribution in [0.15, 0.2) is 28.0 Å². The summed E-state index contributed by atoms with van der Waals surface area (Å²) in [6.45, 7) is 0. The minimum atomic E-state index is -2.25. The highest BCUT2D eigenvalue weighted by Crippen LogP contribution is 2.32. The normalized spacial score (nSPS) is 10.6. The average molecular weight is 309 g/mol. The first kappa shape index (κ1) is 13.5. The van der Waals surface area contributed by atoms with Gasteiger partial charge in [0, 0.05) is 18.4 Å². The van der Waals surface area contributed by atoms with E-state index < -0.39 is 11.9 Å². The fraction of sp³-hybridized carbons (Fsp3) is 0.222. The molecule has 0 amide bonds. The molecule has 0 N–H and O–H groups in total. The lowest BCUT2D eigenvalue weighted by atomic mass is 10.4. The maximum atomic E-state index is 12.5. The van der Waals surface area contributed by atoms with Gasteiger partial charge in [-0.15, -0.1) is 21.5 Å². The summed E-state index contributed by atoms with van der Waals surface area (Å²) in [6, 6.07) is 0. The molecular formula is C9H6F3N3S3. The molecule has 0 atom stereocenters. The van der Waals surface area contributed by atoms with Crippen molar-refractivity contribution in [3.05, 3.63) is 23.6 Å². The Hall–Kier alpha value is -0.930. The van der Waals surface area contributed by atoms with E-state index in [1.54, 1.807) is 11.7 Å². The van der Waals surface area contributed by atoms with Gasteiger partial charge in [0.25, 0.3) is 0 Å². The number of rotatable bonds is 5. The number of nitrogens with zero attached hydrogens (tertiary/aromatic N) is 3. The first-order valence-electron chi connectivity index (χ1n) is 4.71. The number of thioether (sulfide) groups is 1. The molecule has 0 fully saturated rings. The zero-order valence-corrected chi connectivity index (χ0v) is 11.2. The zero-order valence-electron chi connectivity index (χ0n) is 8.77. The van der Waals surface area contributed by atoms with Gasteiger partial charge in [-0.3, -0.25) is 4.98 Å². The molecule has 0 aliphatic rings. The van der Waals surface area contributed by atoms with Gasteiger partial charge in [-0.05, 0) is 0 Å². The third-order valence-electron chi connectivity index (χ3n) is 1.80. The van der Waals surface area contributed by atoms with Crippen LogP contribution in [0.5, 0.6) is 0 Å². The molecule has 0 aliphatic carbocycles. The minimum Gasteiger partial charge on any atom is -0.252 e. The van der Waals surface area contributed by atoms with Crippen LogP contribution in [0.2, 0.25) is 0 Å². The van der Waals surface area contributed by atoms with E-state index in [0.717, 1.165) is 9.88 Å². The molecule has 2 heterocycles. The van der Waals surface area contributed by atoms with Gasteiger partial charge >= 0.3 is 6.08 Å². The van der Waals surface area contributed by atoms with Gasteiger partial charge in [0.2, 0.25) is 0 Å². The van der Waals surface area contributed by atoms with Crippen LogP contribution >= 0.6 is 34.4 Å². The Kier molecular flexibility index (Phi) is 4.72. The van der Waals surface area contributed by atoms with E-state index >= 15 is 0 Å². The lowest BCUT2D eigenvalue weighted by molar-refractivity contribution is 0.373. The van der Waals surface area contributed by atoms with Crippen LogP contribution < -0.4 is 0 Å². The molecule has 3 nitrogen and oxygen atoms in total. The Morgan fingerprint density at radius 2 is 2.11 bits per heavy atom. The van der Waals surface area contributed by atoms with Crippen LogP contribution in [-0.2, 0) is 0 Å². The molecule has 2 aromatic heterocycles. The van der Waals surface area contributed by atoms with Crippen molar-refractivity contribution in [1.82, 2.24) is 15.2 Å². The van der Waals surface area contributed by atoms with Crippen molar-refractivity contribution in [2.75, 3.05) is 5.75 Å². The average Bonchev–Trinajstić information content (AvgIpc) is 2.98. The van der Waals surface area contributed by atoms with Crippen molar-refractivity contribution < 1.29 is 13.2 Å². The molecule has 0 saturated carbocycles. The van der Waals surface area contributed by atoms with Crippen LogP contribution in [0.3, 0.4) is 0 Å². The zero-order chi connectivity index (χ0) is 13.0. The summed E-state index contributed by atoms with van der Waals surface area (Å²) in [5.74, 6) is -1.16. The van der Waals surface area contributed by atoms with Crippen molar-refractivity contribution >= 4 is 34.4 Å². The number of allylic oxidation sites excluding steroid dienone is 1. The van der Waals surface area contributed by atoms with E-state index in [1.807, 2.05) is 0 Å². The van der Waals surface area contributed by atoms with Crippen LogP contribution in [0, 0.1) is 0 Å². The first-order chi connectivity index (χ1) is 8.66. The van der Waals surface area contributed by atoms with Crippen LogP contribution in [-0.4, -0.2) is 20.9 Å². The summed E-state index contributed by atoms with van der Waals surface area (Å²) in [7, 11) is 0. The molecule has 0 unspecified atom stereocenters. The van der Waals surface area contributed by atoms with Gasteiger partial charge in [-0.1, -0.05) is 23.1 Å². The van der Waals surface area contributed by atoms with E-state index in [-0.39, 0.29) is 12.2 Å². The highest BCUT2D eigenvalue weighted by molar-refractivity contribution is 8.01. The number of aromatic nitrogens is 3. The van der Waals surface area contributed by atoms with E-state index in [2.05, 4.69) is 15.2 Å². The fourth-order valence-corrected chi connectivity index (χ4v) is 3.54. The first-order valence-corrected chi connectivity index (χ1v) is 7.40. The van der Waals surface area contributed by atoms with Crippen molar-refractivity contribution in [3.63, 3.8) is 0 Å². The molecule has 2 aromatic rings. The van der Waals surface area contributed by atoms with E-state index in [1.165, 1.54) is 34.4 Å². The van der Waals surface area contributed by atoms with Crippen LogP contribution in [0.4, 0.5) is 13.2 Å². The number of hydrogen-bond donors (Lipinski definition) is 0. The lowest BCUT2D eigenvalue weighted by Gasteiger charge is -1.94. The number of hydrogen-bond acceptors (Lipinski definition) is 6. The second kappa shape index (κ2) is 6.30. The van der Waals surface area contributed by atoms with Gasteiger partial charge in [-0.2, -0.15) is 8.78 Å². The quantitative estimate of drug-likeness (QED) is 0.775. The van der Waals surface area contributed by atoms with Gasteiger partial charge in [0.05, 0.1) is 10.4 Å². The molecule has 96 valence electrons. The monoisotopic (exact) mass is 309 g/mol. The Bertz CT molecular complexity index is 534. The topological polar surface area (TPSA) is 38.7 Å². The Labute approximate surface area is 113 Å². The molecule has 0 aromatic carbocycles. The molecule has 2 rings (SSSR count). The molecule has 0 spiro atoms. The van der Waals surface area contributed by atoms with Crippen molar-refractivity contribution in [3.8, 4) is 9.88 Å². The Morgan fingerprint density at radius 1 is 1.28 bits per heavy atom. The van der Waals surface area contributed by atoms with Gasteiger partial charge in [0.1, 0.15) is 0 Å². The van der Waals surface area contributed by atoms with Gasteiger partial charge in [0.15, 0.2) is 15.2 Å². The van der Waals surface area contributed by atoms with E-state index in [0.29, 0.717) is 4.34 Å². The highest BCUT2D eigenvalue weighted by atomic mass is 32.2. The maximum Gasteiger partial charge on any atom is 0.301 e. The van der Waals surface area contributed by atoms with Crippen LogP contribution in [0.25, 0.3) is 9.88 Å². The Balaban J connectivity index is 1.90. The summed E-state index contributed by atoms with van der Waals surface area (Å²) < 4.78 is 36.8. The molecule has 0 aliphatic heterocycles. The summed E-state index contributed by atoms with van der Waals surface area (Å²) >= 11 is 3.98. The molecule has 0 saturated heterocycles. The summed E-state index contributed by atoms with van der Waals surface area (Å²) in [4.78, 5) is 4.83. The smallest absolute Gasteiger partial charge is 0.252 e. The minimum absolute atomic E-state index is 0.209. The SMILES string of the molecule is FC(F)=C(F)CCSc1nnc(-c2cncs2)s1. The summed E-state index contributed by atoms with van der Waals surface area (Å²) in [5.41, 5.74) is 1.69. The lowest BCUT2D eigenvalue weighted by Crippen LogP contribution is -1.82. The molecule has 9 heteroatoms. The summed E-state index contributed by atoms with van der Waals surface area (Å²) in [5, 5.41) is 8.58. The van der Waals surface area contributed by atoms with Gasteiger partial charge < -0.3 is 0 Å².